The Balaban J connectivity index is 2.23. The highest BCUT2D eigenvalue weighted by atomic mass is 32.2. The molecule has 14 heavy (non-hydrogen) atoms. The zero-order chi connectivity index (χ0) is 10.6. The van der Waals surface area contributed by atoms with Gasteiger partial charge in [0, 0.05) is 24.6 Å². The molecule has 0 aliphatic carbocycles. The zero-order valence-corrected chi connectivity index (χ0v) is 9.57. The van der Waals surface area contributed by atoms with E-state index < -0.39 is 10.0 Å². The largest absolute Gasteiger partial charge is 0.359 e. The molecule has 1 rings (SSSR count). The Morgan fingerprint density at radius 2 is 2.14 bits per heavy atom. The minimum atomic E-state index is -3.10. The van der Waals surface area contributed by atoms with E-state index >= 15 is 0 Å². The minimum Gasteiger partial charge on any atom is -0.359 e. The molecular weight excluding hydrogens is 224 g/mol. The standard InChI is InChI=1S/C6H12N4O2S2/c1-5-9-6(13-10-5)7-3-4-8-14(2,11)12/h8H,3-4H2,1-2H3,(H,7,9,10). The topological polar surface area (TPSA) is 84.0 Å². The maximum Gasteiger partial charge on any atom is 0.208 e. The predicted octanol–water partition coefficient (Wildman–Crippen LogP) is -0.192. The average molecular weight is 236 g/mol. The molecule has 0 atom stereocenters. The van der Waals surface area contributed by atoms with Crippen molar-refractivity contribution in [2.45, 2.75) is 6.92 Å². The molecule has 2 N–H and O–H groups in total. The summed E-state index contributed by atoms with van der Waals surface area (Å²) in [4.78, 5) is 4.06. The van der Waals surface area contributed by atoms with E-state index in [-0.39, 0.29) is 0 Å². The molecule has 0 spiro atoms. The van der Waals surface area contributed by atoms with Gasteiger partial charge in [-0.2, -0.15) is 4.37 Å². The second kappa shape index (κ2) is 4.67. The van der Waals surface area contributed by atoms with Crippen LogP contribution in [-0.4, -0.2) is 37.1 Å². The molecule has 0 aliphatic rings. The van der Waals surface area contributed by atoms with E-state index in [1.54, 1.807) is 6.92 Å². The number of sulfonamides is 1. The zero-order valence-electron chi connectivity index (χ0n) is 7.94. The van der Waals surface area contributed by atoms with Gasteiger partial charge in [0.05, 0.1) is 6.26 Å². The van der Waals surface area contributed by atoms with Crippen molar-refractivity contribution >= 4 is 26.7 Å². The van der Waals surface area contributed by atoms with Crippen LogP contribution in [0.3, 0.4) is 0 Å². The molecule has 0 aliphatic heterocycles. The SMILES string of the molecule is Cc1nsc(NCCNS(C)(=O)=O)n1. The van der Waals surface area contributed by atoms with Crippen LogP contribution in [-0.2, 0) is 10.0 Å². The Labute approximate surface area is 87.0 Å². The van der Waals surface area contributed by atoms with Gasteiger partial charge in [0.25, 0.3) is 0 Å². The second-order valence-electron chi connectivity index (χ2n) is 2.74. The van der Waals surface area contributed by atoms with Crippen molar-refractivity contribution in [3.8, 4) is 0 Å². The van der Waals surface area contributed by atoms with Crippen LogP contribution in [0.2, 0.25) is 0 Å². The molecule has 0 saturated heterocycles. The van der Waals surface area contributed by atoms with E-state index in [2.05, 4.69) is 19.4 Å². The molecule has 1 aromatic rings. The molecule has 6 nitrogen and oxygen atoms in total. The number of nitrogens with one attached hydrogen (secondary N) is 2. The third-order valence-electron chi connectivity index (χ3n) is 1.29. The quantitative estimate of drug-likeness (QED) is 0.692. The molecule has 1 heterocycles. The van der Waals surface area contributed by atoms with Gasteiger partial charge in [0.1, 0.15) is 5.82 Å². The van der Waals surface area contributed by atoms with Crippen molar-refractivity contribution in [1.29, 1.82) is 0 Å². The third-order valence-corrected chi connectivity index (χ3v) is 2.79. The lowest BCUT2D eigenvalue weighted by atomic mass is 10.6. The normalized spacial score (nSPS) is 11.6. The van der Waals surface area contributed by atoms with Crippen LogP contribution < -0.4 is 10.0 Å². The van der Waals surface area contributed by atoms with E-state index in [0.29, 0.717) is 24.0 Å². The van der Waals surface area contributed by atoms with E-state index in [1.165, 1.54) is 11.5 Å². The van der Waals surface area contributed by atoms with E-state index in [0.717, 1.165) is 6.26 Å². The van der Waals surface area contributed by atoms with Crippen molar-refractivity contribution in [1.82, 2.24) is 14.1 Å². The predicted molar refractivity (Wildman–Crippen MR) is 56.0 cm³/mol. The molecule has 0 radical (unpaired) electrons. The molecule has 1 aromatic heterocycles. The smallest absolute Gasteiger partial charge is 0.208 e. The summed E-state index contributed by atoms with van der Waals surface area (Å²) in [5, 5.41) is 3.66. The molecule has 0 fully saturated rings. The van der Waals surface area contributed by atoms with Crippen LogP contribution >= 0.6 is 11.5 Å². The average Bonchev–Trinajstić information content (AvgIpc) is 2.44. The van der Waals surface area contributed by atoms with E-state index in [1.807, 2.05) is 0 Å². The van der Waals surface area contributed by atoms with Gasteiger partial charge >= 0.3 is 0 Å². The second-order valence-corrected chi connectivity index (χ2v) is 5.32. The lowest BCUT2D eigenvalue weighted by Crippen LogP contribution is -2.27. The Bertz CT molecular complexity index is 386. The summed E-state index contributed by atoms with van der Waals surface area (Å²) in [7, 11) is -3.10. The number of hydrogen-bond acceptors (Lipinski definition) is 6. The lowest BCUT2D eigenvalue weighted by molar-refractivity contribution is 0.589. The molecule has 0 amide bonds. The van der Waals surface area contributed by atoms with Crippen molar-refractivity contribution in [2.24, 2.45) is 0 Å². The molecule has 0 unspecified atom stereocenters. The first-order chi connectivity index (χ1) is 6.47. The number of hydrogen-bond donors (Lipinski definition) is 2. The lowest BCUT2D eigenvalue weighted by Gasteiger charge is -2.02. The number of aromatic nitrogens is 2. The Morgan fingerprint density at radius 3 is 2.64 bits per heavy atom. The highest BCUT2D eigenvalue weighted by Gasteiger charge is 2.00. The summed E-state index contributed by atoms with van der Waals surface area (Å²) in [6.07, 6.45) is 1.13. The fourth-order valence-corrected chi connectivity index (χ4v) is 1.85. The summed E-state index contributed by atoms with van der Waals surface area (Å²) in [6.45, 7) is 2.65. The monoisotopic (exact) mass is 236 g/mol. The van der Waals surface area contributed by atoms with Crippen LogP contribution in [0.4, 0.5) is 5.13 Å². The molecule has 0 aromatic carbocycles. The van der Waals surface area contributed by atoms with Gasteiger partial charge in [-0.15, -0.1) is 0 Å². The van der Waals surface area contributed by atoms with Crippen LogP contribution in [0, 0.1) is 6.92 Å². The van der Waals surface area contributed by atoms with Crippen molar-refractivity contribution < 1.29 is 8.42 Å². The van der Waals surface area contributed by atoms with Crippen molar-refractivity contribution in [3.63, 3.8) is 0 Å². The molecule has 0 saturated carbocycles. The first-order valence-electron chi connectivity index (χ1n) is 3.96. The van der Waals surface area contributed by atoms with Crippen LogP contribution in [0.1, 0.15) is 5.82 Å². The van der Waals surface area contributed by atoms with Gasteiger partial charge in [0.2, 0.25) is 15.2 Å². The number of aryl methyl sites for hydroxylation is 1. The third kappa shape index (κ3) is 4.49. The van der Waals surface area contributed by atoms with Crippen LogP contribution in [0.5, 0.6) is 0 Å². The summed E-state index contributed by atoms with van der Waals surface area (Å²) in [6, 6.07) is 0. The van der Waals surface area contributed by atoms with Crippen molar-refractivity contribution in [2.75, 3.05) is 24.7 Å². The highest BCUT2D eigenvalue weighted by molar-refractivity contribution is 7.88. The van der Waals surface area contributed by atoms with Gasteiger partial charge in [-0.1, -0.05) is 0 Å². The summed E-state index contributed by atoms with van der Waals surface area (Å²) in [5.74, 6) is 0.716. The number of rotatable bonds is 5. The molecule has 8 heteroatoms. The Morgan fingerprint density at radius 1 is 1.43 bits per heavy atom. The first-order valence-corrected chi connectivity index (χ1v) is 6.63. The van der Waals surface area contributed by atoms with Crippen LogP contribution in [0.15, 0.2) is 0 Å². The van der Waals surface area contributed by atoms with E-state index in [9.17, 15) is 8.42 Å². The fraction of sp³-hybridized carbons (Fsp3) is 0.667. The van der Waals surface area contributed by atoms with Gasteiger partial charge in [0.15, 0.2) is 0 Å². The fourth-order valence-electron chi connectivity index (χ4n) is 0.775. The molecular formula is C6H12N4O2S2. The first kappa shape index (κ1) is 11.3. The highest BCUT2D eigenvalue weighted by Crippen LogP contribution is 2.08. The van der Waals surface area contributed by atoms with Gasteiger partial charge in [-0.3, -0.25) is 0 Å². The van der Waals surface area contributed by atoms with E-state index in [4.69, 9.17) is 0 Å². The summed E-state index contributed by atoms with van der Waals surface area (Å²) < 4.78 is 27.7. The van der Waals surface area contributed by atoms with Crippen molar-refractivity contribution in [3.05, 3.63) is 5.82 Å². The minimum absolute atomic E-state index is 0.345. The number of anilines is 1. The summed E-state index contributed by atoms with van der Waals surface area (Å²) >= 11 is 1.26. The maximum absolute atomic E-state index is 10.7. The maximum atomic E-state index is 10.7. The molecule has 80 valence electrons. The Kier molecular flexibility index (Phi) is 3.78. The number of nitrogens with zero attached hydrogens (tertiary/aromatic N) is 2. The Hall–Kier alpha value is -0.730. The van der Waals surface area contributed by atoms with Gasteiger partial charge < -0.3 is 5.32 Å². The van der Waals surface area contributed by atoms with Gasteiger partial charge in [-0.05, 0) is 6.92 Å². The van der Waals surface area contributed by atoms with Crippen LogP contribution in [0.25, 0.3) is 0 Å². The molecule has 0 bridgehead atoms. The summed E-state index contributed by atoms with van der Waals surface area (Å²) in [5.41, 5.74) is 0. The van der Waals surface area contributed by atoms with Gasteiger partial charge in [-0.25, -0.2) is 18.1 Å².